The zero-order valence-corrected chi connectivity index (χ0v) is 12.8. The van der Waals surface area contributed by atoms with E-state index >= 15 is 0 Å². The summed E-state index contributed by atoms with van der Waals surface area (Å²) >= 11 is 11.9. The maximum Gasteiger partial charge on any atom is 0.244 e. The number of nitrogens with two attached hydrogens (primary N) is 1. The predicted octanol–water partition coefficient (Wildman–Crippen LogP) is 2.48. The molecule has 0 heterocycles. The highest BCUT2D eigenvalue weighted by Crippen LogP contribution is 2.30. The molecule has 4 nitrogen and oxygen atoms in total. The summed E-state index contributed by atoms with van der Waals surface area (Å²) in [5.74, 6) is 0. The van der Waals surface area contributed by atoms with E-state index in [4.69, 9.17) is 28.9 Å². The topological polar surface area (TPSA) is 63.4 Å². The molecule has 1 aromatic carbocycles. The van der Waals surface area contributed by atoms with E-state index < -0.39 is 10.0 Å². The Hall–Kier alpha value is -0.330. The number of hydrogen-bond acceptors (Lipinski definition) is 3. The first kappa shape index (κ1) is 15.7. The van der Waals surface area contributed by atoms with Crippen molar-refractivity contribution in [2.24, 2.45) is 5.73 Å². The fraction of sp³-hybridized carbons (Fsp3) is 0.455. The van der Waals surface area contributed by atoms with Gasteiger partial charge in [0.15, 0.2) is 0 Å². The highest BCUT2D eigenvalue weighted by Gasteiger charge is 2.26. The molecule has 0 radical (unpaired) electrons. The summed E-state index contributed by atoms with van der Waals surface area (Å²) in [4.78, 5) is 0.0326. The van der Waals surface area contributed by atoms with Crippen molar-refractivity contribution in [2.45, 2.75) is 31.3 Å². The van der Waals surface area contributed by atoms with E-state index in [9.17, 15) is 8.42 Å². The Morgan fingerprint density at radius 3 is 2.28 bits per heavy atom. The largest absolute Gasteiger partial charge is 0.326 e. The highest BCUT2D eigenvalue weighted by molar-refractivity contribution is 7.89. The smallest absolute Gasteiger partial charge is 0.244 e. The van der Waals surface area contributed by atoms with Crippen molar-refractivity contribution in [3.8, 4) is 0 Å². The molecule has 0 saturated heterocycles. The molecule has 1 aromatic rings. The number of rotatable bonds is 4. The van der Waals surface area contributed by atoms with Gasteiger partial charge in [0.05, 0.1) is 5.02 Å². The molecule has 0 spiro atoms. The number of nitrogens with zero attached hydrogens (tertiary/aromatic N) is 1. The second kappa shape index (κ2) is 5.75. The van der Waals surface area contributed by atoms with Crippen molar-refractivity contribution in [1.29, 1.82) is 0 Å². The van der Waals surface area contributed by atoms with Gasteiger partial charge in [-0.05, 0) is 31.5 Å². The van der Waals surface area contributed by atoms with E-state index in [1.165, 1.54) is 23.5 Å². The lowest BCUT2D eigenvalue weighted by Gasteiger charge is -2.22. The number of hydrogen-bond donors (Lipinski definition) is 1. The van der Waals surface area contributed by atoms with E-state index in [1.807, 2.05) is 0 Å². The van der Waals surface area contributed by atoms with Crippen LogP contribution in [0.5, 0.6) is 0 Å². The third-order valence-electron chi connectivity index (χ3n) is 2.71. The van der Waals surface area contributed by atoms with Crippen molar-refractivity contribution in [2.75, 3.05) is 7.05 Å². The van der Waals surface area contributed by atoms with Crippen LogP contribution in [0.4, 0.5) is 0 Å². The van der Waals surface area contributed by atoms with Gasteiger partial charge in [0.1, 0.15) is 4.90 Å². The van der Waals surface area contributed by atoms with E-state index in [1.54, 1.807) is 13.8 Å². The molecular formula is C11H16Cl2N2O2S. The molecule has 2 N–H and O–H groups in total. The Balaban J connectivity index is 3.42. The maximum absolute atomic E-state index is 12.3. The third-order valence-corrected chi connectivity index (χ3v) is 5.56. The molecule has 0 bridgehead atoms. The molecule has 0 amide bonds. The molecule has 0 aliphatic carbocycles. The Bertz CT molecular complexity index is 544. The molecule has 0 unspecified atom stereocenters. The number of sulfonamides is 1. The van der Waals surface area contributed by atoms with Crippen LogP contribution in [-0.4, -0.2) is 25.8 Å². The Kier molecular flexibility index (Phi) is 5.03. The molecule has 7 heteroatoms. The molecule has 0 saturated carbocycles. The molecule has 0 atom stereocenters. The van der Waals surface area contributed by atoms with Crippen LogP contribution in [-0.2, 0) is 16.6 Å². The molecule has 102 valence electrons. The van der Waals surface area contributed by atoms with Gasteiger partial charge >= 0.3 is 0 Å². The van der Waals surface area contributed by atoms with Crippen LogP contribution in [0.2, 0.25) is 10.0 Å². The number of halogens is 2. The van der Waals surface area contributed by atoms with Crippen molar-refractivity contribution < 1.29 is 8.42 Å². The third kappa shape index (κ3) is 2.97. The summed E-state index contributed by atoms with van der Waals surface area (Å²) in [5.41, 5.74) is 6.07. The van der Waals surface area contributed by atoms with E-state index in [-0.39, 0.29) is 22.5 Å². The van der Waals surface area contributed by atoms with Crippen LogP contribution < -0.4 is 5.73 Å². The van der Waals surface area contributed by atoms with Gasteiger partial charge in [0, 0.05) is 24.7 Å². The Labute approximate surface area is 118 Å². The van der Waals surface area contributed by atoms with Gasteiger partial charge in [0.2, 0.25) is 10.0 Å². The SMILES string of the molecule is CC(C)N(C)S(=O)(=O)c1cc(CN)c(Cl)cc1Cl. The van der Waals surface area contributed by atoms with Crippen molar-refractivity contribution in [3.63, 3.8) is 0 Å². The van der Waals surface area contributed by atoms with Gasteiger partial charge in [-0.15, -0.1) is 0 Å². The van der Waals surface area contributed by atoms with Crippen LogP contribution in [0.15, 0.2) is 17.0 Å². The Morgan fingerprint density at radius 2 is 1.83 bits per heavy atom. The summed E-state index contributed by atoms with van der Waals surface area (Å²) in [6.45, 7) is 3.72. The van der Waals surface area contributed by atoms with Crippen LogP contribution in [0, 0.1) is 0 Å². The monoisotopic (exact) mass is 310 g/mol. The van der Waals surface area contributed by atoms with Gasteiger partial charge in [-0.1, -0.05) is 23.2 Å². The minimum Gasteiger partial charge on any atom is -0.326 e. The average Bonchev–Trinajstić information content (AvgIpc) is 2.27. The highest BCUT2D eigenvalue weighted by atomic mass is 35.5. The van der Waals surface area contributed by atoms with Crippen LogP contribution in [0.25, 0.3) is 0 Å². The lowest BCUT2D eigenvalue weighted by atomic mass is 10.2. The van der Waals surface area contributed by atoms with Gasteiger partial charge in [-0.25, -0.2) is 8.42 Å². The lowest BCUT2D eigenvalue weighted by molar-refractivity contribution is 0.410. The van der Waals surface area contributed by atoms with Crippen LogP contribution in [0.3, 0.4) is 0 Å². The Morgan fingerprint density at radius 1 is 1.28 bits per heavy atom. The summed E-state index contributed by atoms with van der Waals surface area (Å²) in [6, 6.07) is 2.67. The average molecular weight is 311 g/mol. The van der Waals surface area contributed by atoms with Crippen molar-refractivity contribution in [1.82, 2.24) is 4.31 Å². The normalized spacial score (nSPS) is 12.4. The first-order valence-corrected chi connectivity index (χ1v) is 7.57. The zero-order valence-electron chi connectivity index (χ0n) is 10.4. The molecule has 0 fully saturated rings. The van der Waals surface area contributed by atoms with Crippen LogP contribution in [0.1, 0.15) is 19.4 Å². The van der Waals surface area contributed by atoms with Crippen LogP contribution >= 0.6 is 23.2 Å². The zero-order chi connectivity index (χ0) is 14.1. The van der Waals surface area contributed by atoms with Gasteiger partial charge < -0.3 is 5.73 Å². The van der Waals surface area contributed by atoms with E-state index in [0.29, 0.717) is 10.6 Å². The molecule has 0 aliphatic heterocycles. The number of benzene rings is 1. The predicted molar refractivity (Wildman–Crippen MR) is 74.4 cm³/mol. The van der Waals surface area contributed by atoms with Gasteiger partial charge in [-0.3, -0.25) is 0 Å². The standard InChI is InChI=1S/C11H16Cl2N2O2S/c1-7(2)15(3)18(16,17)11-4-8(6-14)9(12)5-10(11)13/h4-5,7H,6,14H2,1-3H3. The fourth-order valence-corrected chi connectivity index (χ4v) is 3.57. The second-order valence-corrected chi connectivity index (χ2v) is 6.97. The van der Waals surface area contributed by atoms with Gasteiger partial charge in [0.25, 0.3) is 0 Å². The fourth-order valence-electron chi connectivity index (χ4n) is 1.36. The minimum atomic E-state index is -3.63. The first-order chi connectivity index (χ1) is 8.21. The molecule has 18 heavy (non-hydrogen) atoms. The first-order valence-electron chi connectivity index (χ1n) is 5.37. The maximum atomic E-state index is 12.3. The molecular weight excluding hydrogens is 295 g/mol. The summed E-state index contributed by atoms with van der Waals surface area (Å²) in [7, 11) is -2.12. The summed E-state index contributed by atoms with van der Waals surface area (Å²) < 4.78 is 25.9. The van der Waals surface area contributed by atoms with Crippen molar-refractivity contribution in [3.05, 3.63) is 27.7 Å². The molecule has 0 aromatic heterocycles. The lowest BCUT2D eigenvalue weighted by Crippen LogP contribution is -2.33. The second-order valence-electron chi connectivity index (χ2n) is 4.19. The summed E-state index contributed by atoms with van der Waals surface area (Å²) in [6.07, 6.45) is 0. The minimum absolute atomic E-state index is 0.0326. The molecule has 0 aliphatic rings. The molecule has 1 rings (SSSR count). The van der Waals surface area contributed by atoms with E-state index in [2.05, 4.69) is 0 Å². The van der Waals surface area contributed by atoms with Gasteiger partial charge in [-0.2, -0.15) is 4.31 Å². The quantitative estimate of drug-likeness (QED) is 0.929. The van der Waals surface area contributed by atoms with Crippen molar-refractivity contribution >= 4 is 33.2 Å². The van der Waals surface area contributed by atoms with E-state index in [0.717, 1.165) is 0 Å². The summed E-state index contributed by atoms with van der Waals surface area (Å²) in [5, 5.41) is 0.471.